The normalized spacial score (nSPS) is 16.1. The second-order valence-corrected chi connectivity index (χ2v) is 8.05. The van der Waals surface area contributed by atoms with Gasteiger partial charge in [-0.15, -0.1) is 0 Å². The molecule has 0 saturated heterocycles. The second kappa shape index (κ2) is 15.2. The van der Waals surface area contributed by atoms with E-state index in [0.29, 0.717) is 0 Å². The summed E-state index contributed by atoms with van der Waals surface area (Å²) in [6, 6.07) is 0.984. The molecule has 0 spiro atoms. The predicted molar refractivity (Wildman–Crippen MR) is 107 cm³/mol. The highest BCUT2D eigenvalue weighted by Gasteiger charge is 2.34. The van der Waals surface area contributed by atoms with E-state index < -0.39 is 0 Å². The second-order valence-electron chi connectivity index (χ2n) is 8.05. The smallest absolute Gasteiger partial charge is 0.0890 e. The number of nitrogens with zero attached hydrogens (tertiary/aromatic N) is 1. The van der Waals surface area contributed by atoms with Gasteiger partial charge in [-0.1, -0.05) is 64.7 Å². The molecule has 0 heterocycles. The molecule has 1 aliphatic rings. The maximum absolute atomic E-state index is 2.44. The monoisotopic (exact) mass is 341 g/mol. The van der Waals surface area contributed by atoms with Gasteiger partial charge in [-0.25, -0.2) is 0 Å². The molecule has 2 heteroatoms. The summed E-state index contributed by atoms with van der Waals surface area (Å²) >= 11 is 0. The number of hydrogen-bond acceptors (Lipinski definition) is 1. The van der Waals surface area contributed by atoms with Gasteiger partial charge in [0.2, 0.25) is 0 Å². The lowest BCUT2D eigenvalue weighted by Crippen LogP contribution is -2.56. The van der Waals surface area contributed by atoms with Gasteiger partial charge in [0, 0.05) is 0 Å². The molecule has 1 fully saturated rings. The Hall–Kier alpha value is -0.0800. The van der Waals surface area contributed by atoms with Gasteiger partial charge in [-0.05, 0) is 52.4 Å². The van der Waals surface area contributed by atoms with E-state index >= 15 is 0 Å². The first-order valence-corrected chi connectivity index (χ1v) is 11.1. The Morgan fingerprint density at radius 2 is 1.08 bits per heavy atom. The summed E-state index contributed by atoms with van der Waals surface area (Å²) in [6.07, 6.45) is 22.1. The highest BCUT2D eigenvalue weighted by Crippen LogP contribution is 2.29. The average Bonchev–Trinajstić information content (AvgIpc) is 2.61. The third-order valence-electron chi connectivity index (χ3n) is 6.57. The highest BCUT2D eigenvalue weighted by atomic mass is 16.0. The lowest BCUT2D eigenvalue weighted by molar-refractivity contribution is -0.949. The SMILES string of the molecule is CCCCCCCCCCCC[N+](CC)(CC)C1CCCCC1.[OH-]. The van der Waals surface area contributed by atoms with Crippen LogP contribution < -0.4 is 0 Å². The van der Waals surface area contributed by atoms with Crippen molar-refractivity contribution in [3.63, 3.8) is 0 Å². The Morgan fingerprint density at radius 1 is 0.625 bits per heavy atom. The molecule has 0 aliphatic heterocycles. The van der Waals surface area contributed by atoms with Crippen LogP contribution >= 0.6 is 0 Å². The van der Waals surface area contributed by atoms with E-state index in [4.69, 9.17) is 0 Å². The first-order valence-electron chi connectivity index (χ1n) is 11.1. The van der Waals surface area contributed by atoms with Crippen LogP contribution in [0.1, 0.15) is 117 Å². The molecule has 24 heavy (non-hydrogen) atoms. The van der Waals surface area contributed by atoms with Crippen molar-refractivity contribution in [2.75, 3.05) is 19.6 Å². The Balaban J connectivity index is 0.00000529. The molecule has 0 radical (unpaired) electrons. The third-order valence-corrected chi connectivity index (χ3v) is 6.57. The van der Waals surface area contributed by atoms with E-state index in [-0.39, 0.29) is 5.48 Å². The molecule has 0 aromatic heterocycles. The molecule has 1 aliphatic carbocycles. The summed E-state index contributed by atoms with van der Waals surface area (Å²) in [7, 11) is 0. The van der Waals surface area contributed by atoms with Crippen molar-refractivity contribution in [2.24, 2.45) is 0 Å². The van der Waals surface area contributed by atoms with Gasteiger partial charge >= 0.3 is 0 Å². The molecule has 0 unspecified atom stereocenters. The van der Waals surface area contributed by atoms with Crippen LogP contribution in [-0.4, -0.2) is 35.6 Å². The molecular formula is C22H47NO. The molecule has 0 amide bonds. The van der Waals surface area contributed by atoms with Crippen LogP contribution in [-0.2, 0) is 0 Å². The van der Waals surface area contributed by atoms with Crippen molar-refractivity contribution >= 4 is 0 Å². The zero-order valence-corrected chi connectivity index (χ0v) is 17.2. The van der Waals surface area contributed by atoms with Crippen molar-refractivity contribution in [1.82, 2.24) is 0 Å². The van der Waals surface area contributed by atoms with Crippen LogP contribution in [0.15, 0.2) is 0 Å². The maximum atomic E-state index is 2.44. The molecule has 0 atom stereocenters. The topological polar surface area (TPSA) is 30.0 Å². The fraction of sp³-hybridized carbons (Fsp3) is 1.00. The van der Waals surface area contributed by atoms with E-state index in [9.17, 15) is 0 Å². The Kier molecular flexibility index (Phi) is 15.1. The van der Waals surface area contributed by atoms with Gasteiger partial charge in [0.15, 0.2) is 0 Å². The van der Waals surface area contributed by atoms with Crippen molar-refractivity contribution < 1.29 is 9.96 Å². The van der Waals surface area contributed by atoms with E-state index in [1.807, 2.05) is 0 Å². The van der Waals surface area contributed by atoms with E-state index in [1.165, 1.54) is 120 Å². The van der Waals surface area contributed by atoms with Crippen LogP contribution in [0.2, 0.25) is 0 Å². The summed E-state index contributed by atoms with van der Waals surface area (Å²) in [6.45, 7) is 11.4. The van der Waals surface area contributed by atoms with Gasteiger partial charge in [-0.3, -0.25) is 0 Å². The lowest BCUT2D eigenvalue weighted by atomic mass is 9.91. The van der Waals surface area contributed by atoms with Gasteiger partial charge in [0.05, 0.1) is 25.7 Å². The fourth-order valence-electron chi connectivity index (χ4n) is 4.78. The number of rotatable bonds is 14. The number of hydrogen-bond donors (Lipinski definition) is 0. The van der Waals surface area contributed by atoms with Crippen LogP contribution in [0.5, 0.6) is 0 Å². The lowest BCUT2D eigenvalue weighted by Gasteiger charge is -2.45. The van der Waals surface area contributed by atoms with E-state index in [0.717, 1.165) is 6.04 Å². The van der Waals surface area contributed by atoms with Crippen LogP contribution in [0.3, 0.4) is 0 Å². The van der Waals surface area contributed by atoms with E-state index in [1.54, 1.807) is 0 Å². The van der Waals surface area contributed by atoms with Crippen LogP contribution in [0.4, 0.5) is 0 Å². The summed E-state index contributed by atoms with van der Waals surface area (Å²) in [5.41, 5.74) is 0. The van der Waals surface area contributed by atoms with Crippen LogP contribution in [0.25, 0.3) is 0 Å². The molecular weight excluding hydrogens is 294 g/mol. The maximum Gasteiger partial charge on any atom is 0.0890 e. The molecule has 2 nitrogen and oxygen atoms in total. The molecule has 146 valence electrons. The van der Waals surface area contributed by atoms with Crippen molar-refractivity contribution in [3.8, 4) is 0 Å². The predicted octanol–water partition coefficient (Wildman–Crippen LogP) is 6.92. The standard InChI is InChI=1S/C22H46N.H2O/c1-4-7-8-9-10-11-12-13-14-18-21-23(5-2,6-3)22-19-16-15-17-20-22;/h22H,4-21H2,1-3H3;1H2/q+1;/p-1. The molecule has 0 aromatic rings. The minimum atomic E-state index is 0. The Morgan fingerprint density at radius 3 is 1.54 bits per heavy atom. The zero-order valence-electron chi connectivity index (χ0n) is 17.2. The molecule has 1 saturated carbocycles. The van der Waals surface area contributed by atoms with Gasteiger partial charge in [-0.2, -0.15) is 0 Å². The van der Waals surface area contributed by atoms with Crippen molar-refractivity contribution in [3.05, 3.63) is 0 Å². The minimum absolute atomic E-state index is 0. The summed E-state index contributed by atoms with van der Waals surface area (Å²) in [5.74, 6) is 0. The van der Waals surface area contributed by atoms with Crippen molar-refractivity contribution in [1.29, 1.82) is 0 Å². The Labute approximate surface area is 153 Å². The largest absolute Gasteiger partial charge is 0.870 e. The number of quaternary nitrogens is 1. The quantitative estimate of drug-likeness (QED) is 0.249. The summed E-state index contributed by atoms with van der Waals surface area (Å²) in [4.78, 5) is 0. The molecule has 1 N–H and O–H groups in total. The number of unbranched alkanes of at least 4 members (excludes halogenated alkanes) is 9. The minimum Gasteiger partial charge on any atom is -0.870 e. The summed E-state index contributed by atoms with van der Waals surface area (Å²) in [5, 5.41) is 0. The third kappa shape index (κ3) is 8.85. The van der Waals surface area contributed by atoms with Crippen LogP contribution in [0, 0.1) is 0 Å². The first kappa shape index (κ1) is 23.9. The van der Waals surface area contributed by atoms with Gasteiger partial charge in [0.1, 0.15) is 0 Å². The average molecular weight is 342 g/mol. The van der Waals surface area contributed by atoms with Gasteiger partial charge < -0.3 is 9.96 Å². The highest BCUT2D eigenvalue weighted by molar-refractivity contribution is 4.67. The van der Waals surface area contributed by atoms with Gasteiger partial charge in [0.25, 0.3) is 0 Å². The summed E-state index contributed by atoms with van der Waals surface area (Å²) < 4.78 is 1.43. The first-order chi connectivity index (χ1) is 11.3. The fourth-order valence-corrected chi connectivity index (χ4v) is 4.78. The molecule has 0 aromatic carbocycles. The van der Waals surface area contributed by atoms with E-state index in [2.05, 4.69) is 20.8 Å². The Bertz CT molecular complexity index is 257. The molecule has 0 bridgehead atoms. The van der Waals surface area contributed by atoms with Crippen molar-refractivity contribution in [2.45, 2.75) is 123 Å². The zero-order chi connectivity index (χ0) is 16.8. The molecule has 1 rings (SSSR count).